The highest BCUT2D eigenvalue weighted by molar-refractivity contribution is 6.99. The first-order valence-corrected chi connectivity index (χ1v) is 14.7. The summed E-state index contributed by atoms with van der Waals surface area (Å²) in [6.07, 6.45) is 0.367. The standard InChI is InChI=1S/C31H42O3Si/c1-25(21-22-33-24-27-15-9-6-10-16-27)30(32)26(2)23-34-35(31(3,4)5,28-17-11-7-12-18-28)29-19-13-8-14-20-29/h6-20,25-26,30,32H,21-24H2,1-5H3/t25-,26+,30-/m0/s1. The molecule has 0 aliphatic heterocycles. The van der Waals surface area contributed by atoms with Crippen LogP contribution in [0.15, 0.2) is 91.0 Å². The van der Waals surface area contributed by atoms with E-state index >= 15 is 0 Å². The number of hydrogen-bond donors (Lipinski definition) is 1. The first kappa shape index (κ1) is 27.3. The van der Waals surface area contributed by atoms with Gasteiger partial charge < -0.3 is 14.3 Å². The van der Waals surface area contributed by atoms with Crippen molar-refractivity contribution in [2.24, 2.45) is 11.8 Å². The molecule has 0 saturated heterocycles. The van der Waals surface area contributed by atoms with Gasteiger partial charge in [-0.1, -0.05) is 126 Å². The van der Waals surface area contributed by atoms with E-state index in [4.69, 9.17) is 9.16 Å². The van der Waals surface area contributed by atoms with Crippen molar-refractivity contribution >= 4 is 18.7 Å². The van der Waals surface area contributed by atoms with Crippen molar-refractivity contribution in [1.82, 2.24) is 0 Å². The van der Waals surface area contributed by atoms with Gasteiger partial charge in [-0.2, -0.15) is 0 Å². The number of aliphatic hydroxyl groups is 1. The maximum Gasteiger partial charge on any atom is 0.261 e. The van der Waals surface area contributed by atoms with Gasteiger partial charge in [-0.25, -0.2) is 0 Å². The molecule has 3 rings (SSSR count). The molecule has 0 amide bonds. The summed E-state index contributed by atoms with van der Waals surface area (Å²) >= 11 is 0. The molecule has 0 unspecified atom stereocenters. The lowest BCUT2D eigenvalue weighted by atomic mass is 9.92. The predicted octanol–water partition coefficient (Wildman–Crippen LogP) is 5.80. The van der Waals surface area contributed by atoms with E-state index in [1.165, 1.54) is 15.9 Å². The summed E-state index contributed by atoms with van der Waals surface area (Å²) in [5, 5.41) is 13.6. The fraction of sp³-hybridized carbons (Fsp3) is 0.419. The quantitative estimate of drug-likeness (QED) is 0.257. The number of rotatable bonds is 12. The van der Waals surface area contributed by atoms with E-state index < -0.39 is 14.4 Å². The normalized spacial score (nSPS) is 14.9. The van der Waals surface area contributed by atoms with Crippen LogP contribution in [-0.4, -0.2) is 32.7 Å². The lowest BCUT2D eigenvalue weighted by molar-refractivity contribution is 0.0207. The molecule has 0 saturated carbocycles. The van der Waals surface area contributed by atoms with Crippen LogP contribution in [0.3, 0.4) is 0 Å². The van der Waals surface area contributed by atoms with E-state index in [1.54, 1.807) is 0 Å². The maximum atomic E-state index is 11.1. The van der Waals surface area contributed by atoms with Crippen LogP contribution in [-0.2, 0) is 15.8 Å². The van der Waals surface area contributed by atoms with Crippen molar-refractivity contribution in [3.8, 4) is 0 Å². The van der Waals surface area contributed by atoms with Crippen LogP contribution in [0.2, 0.25) is 5.04 Å². The van der Waals surface area contributed by atoms with E-state index in [0.29, 0.717) is 19.8 Å². The molecule has 0 aliphatic carbocycles. The Kier molecular flexibility index (Phi) is 9.87. The molecule has 188 valence electrons. The van der Waals surface area contributed by atoms with Gasteiger partial charge in [0, 0.05) is 19.1 Å². The van der Waals surface area contributed by atoms with E-state index in [2.05, 4.69) is 107 Å². The lowest BCUT2D eigenvalue weighted by Crippen LogP contribution is -2.67. The van der Waals surface area contributed by atoms with Crippen LogP contribution >= 0.6 is 0 Å². The summed E-state index contributed by atoms with van der Waals surface area (Å²) in [6, 6.07) is 31.6. The zero-order valence-electron chi connectivity index (χ0n) is 22.0. The van der Waals surface area contributed by atoms with Gasteiger partial charge in [0.05, 0.1) is 12.7 Å². The first-order chi connectivity index (χ1) is 16.8. The number of hydrogen-bond acceptors (Lipinski definition) is 3. The third-order valence-corrected chi connectivity index (χ3v) is 12.0. The van der Waals surface area contributed by atoms with Gasteiger partial charge in [-0.05, 0) is 33.3 Å². The fourth-order valence-electron chi connectivity index (χ4n) is 4.88. The minimum Gasteiger partial charge on any atom is -0.407 e. The van der Waals surface area contributed by atoms with E-state index in [1.807, 2.05) is 18.2 Å². The van der Waals surface area contributed by atoms with E-state index in [9.17, 15) is 5.11 Å². The SMILES string of the molecule is C[C@H](CO[Si](c1ccccc1)(c1ccccc1)C(C)(C)C)[C@@H](O)[C@@H](C)CCOCc1ccccc1. The second-order valence-electron chi connectivity index (χ2n) is 10.7. The zero-order valence-corrected chi connectivity index (χ0v) is 23.0. The van der Waals surface area contributed by atoms with Crippen LogP contribution < -0.4 is 10.4 Å². The zero-order chi connectivity index (χ0) is 25.3. The van der Waals surface area contributed by atoms with E-state index in [-0.39, 0.29) is 16.9 Å². The van der Waals surface area contributed by atoms with Crippen molar-refractivity contribution in [1.29, 1.82) is 0 Å². The second-order valence-corrected chi connectivity index (χ2v) is 15.1. The maximum absolute atomic E-state index is 11.1. The fourth-order valence-corrected chi connectivity index (χ4v) is 9.55. The number of ether oxygens (including phenoxy) is 1. The highest BCUT2D eigenvalue weighted by Crippen LogP contribution is 2.37. The lowest BCUT2D eigenvalue weighted by Gasteiger charge is -2.44. The second kappa shape index (κ2) is 12.6. The summed E-state index contributed by atoms with van der Waals surface area (Å²) in [4.78, 5) is 0. The minimum absolute atomic E-state index is 0.0146. The summed E-state index contributed by atoms with van der Waals surface area (Å²) < 4.78 is 12.9. The van der Waals surface area contributed by atoms with Crippen molar-refractivity contribution in [3.63, 3.8) is 0 Å². The Morgan fingerprint density at radius 1 is 0.743 bits per heavy atom. The monoisotopic (exact) mass is 490 g/mol. The molecule has 1 N–H and O–H groups in total. The van der Waals surface area contributed by atoms with Crippen molar-refractivity contribution in [2.75, 3.05) is 13.2 Å². The predicted molar refractivity (Wildman–Crippen MR) is 149 cm³/mol. The molecular formula is C31H42O3Si. The third-order valence-electron chi connectivity index (χ3n) is 6.97. The van der Waals surface area contributed by atoms with Crippen LogP contribution in [0, 0.1) is 11.8 Å². The number of aliphatic hydroxyl groups excluding tert-OH is 1. The Balaban J connectivity index is 1.67. The average Bonchev–Trinajstić information content (AvgIpc) is 2.87. The summed E-state index contributed by atoms with van der Waals surface area (Å²) in [5.74, 6) is 0.143. The summed E-state index contributed by atoms with van der Waals surface area (Å²) in [6.45, 7) is 12.8. The Labute approximate surface area is 213 Å². The molecule has 4 heteroatoms. The highest BCUT2D eigenvalue weighted by atomic mass is 28.4. The van der Waals surface area contributed by atoms with Crippen molar-refractivity contribution < 1.29 is 14.3 Å². The van der Waals surface area contributed by atoms with Gasteiger partial charge in [-0.3, -0.25) is 0 Å². The minimum atomic E-state index is -2.60. The third kappa shape index (κ3) is 6.92. The number of benzene rings is 3. The molecule has 3 aromatic rings. The molecular weight excluding hydrogens is 448 g/mol. The van der Waals surface area contributed by atoms with Gasteiger partial charge in [-0.15, -0.1) is 0 Å². The summed E-state index contributed by atoms with van der Waals surface area (Å²) in [5.41, 5.74) is 1.17. The van der Waals surface area contributed by atoms with Crippen LogP contribution in [0.1, 0.15) is 46.6 Å². The molecule has 35 heavy (non-hydrogen) atoms. The Morgan fingerprint density at radius 3 is 1.71 bits per heavy atom. The van der Waals surface area contributed by atoms with Crippen molar-refractivity contribution in [2.45, 2.75) is 58.8 Å². The molecule has 0 spiro atoms. The topological polar surface area (TPSA) is 38.7 Å². The van der Waals surface area contributed by atoms with Gasteiger partial charge in [0.15, 0.2) is 0 Å². The first-order valence-electron chi connectivity index (χ1n) is 12.8. The van der Waals surface area contributed by atoms with Crippen molar-refractivity contribution in [3.05, 3.63) is 96.6 Å². The smallest absolute Gasteiger partial charge is 0.261 e. The van der Waals surface area contributed by atoms with Crippen LogP contribution in [0.5, 0.6) is 0 Å². The van der Waals surface area contributed by atoms with Crippen LogP contribution in [0.25, 0.3) is 0 Å². The Morgan fingerprint density at radius 2 is 1.23 bits per heavy atom. The Bertz CT molecular complexity index is 947. The largest absolute Gasteiger partial charge is 0.407 e. The molecule has 0 bridgehead atoms. The molecule has 3 nitrogen and oxygen atoms in total. The molecule has 0 aliphatic rings. The molecule has 0 radical (unpaired) electrons. The summed E-state index contributed by atoms with van der Waals surface area (Å²) in [7, 11) is -2.60. The van der Waals surface area contributed by atoms with Crippen LogP contribution in [0.4, 0.5) is 0 Å². The Hall–Kier alpha value is -2.24. The molecule has 3 atom stereocenters. The molecule has 3 aromatic carbocycles. The molecule has 0 heterocycles. The van der Waals surface area contributed by atoms with E-state index in [0.717, 1.165) is 6.42 Å². The highest BCUT2D eigenvalue weighted by Gasteiger charge is 2.50. The molecule has 0 fully saturated rings. The van der Waals surface area contributed by atoms with Gasteiger partial charge in [0.1, 0.15) is 0 Å². The molecule has 0 aromatic heterocycles. The van der Waals surface area contributed by atoms with Gasteiger partial charge >= 0.3 is 0 Å². The van der Waals surface area contributed by atoms with Gasteiger partial charge in [0.2, 0.25) is 0 Å². The average molecular weight is 491 g/mol. The van der Waals surface area contributed by atoms with Gasteiger partial charge in [0.25, 0.3) is 8.32 Å².